The van der Waals surface area contributed by atoms with Gasteiger partial charge in [0.15, 0.2) is 0 Å². The molecular formula is C10H22N2O2. The zero-order chi connectivity index (χ0) is 11.2. The SMILES string of the molecule is COCC(C)CNC(=O)C(C)(C)CN. The summed E-state index contributed by atoms with van der Waals surface area (Å²) >= 11 is 0. The lowest BCUT2D eigenvalue weighted by molar-refractivity contribution is -0.129. The van der Waals surface area contributed by atoms with Gasteiger partial charge in [0.1, 0.15) is 0 Å². The summed E-state index contributed by atoms with van der Waals surface area (Å²) in [4.78, 5) is 11.6. The van der Waals surface area contributed by atoms with E-state index in [1.165, 1.54) is 0 Å². The van der Waals surface area contributed by atoms with Crippen LogP contribution in [0.1, 0.15) is 20.8 Å². The van der Waals surface area contributed by atoms with Gasteiger partial charge in [-0.05, 0) is 19.8 Å². The molecule has 0 aromatic heterocycles. The maximum atomic E-state index is 11.6. The number of nitrogens with two attached hydrogens (primary N) is 1. The fourth-order valence-electron chi connectivity index (χ4n) is 0.942. The minimum atomic E-state index is -0.479. The first-order valence-corrected chi connectivity index (χ1v) is 4.91. The summed E-state index contributed by atoms with van der Waals surface area (Å²) in [6, 6.07) is 0. The van der Waals surface area contributed by atoms with Gasteiger partial charge in [0, 0.05) is 20.2 Å². The highest BCUT2D eigenvalue weighted by atomic mass is 16.5. The van der Waals surface area contributed by atoms with E-state index in [-0.39, 0.29) is 5.91 Å². The van der Waals surface area contributed by atoms with E-state index in [2.05, 4.69) is 5.32 Å². The molecule has 0 spiro atoms. The molecule has 0 aliphatic heterocycles. The van der Waals surface area contributed by atoms with Crippen LogP contribution in [0.2, 0.25) is 0 Å². The molecule has 0 aliphatic rings. The number of nitrogens with one attached hydrogen (secondary N) is 1. The number of carbonyl (C=O) groups excluding carboxylic acids is 1. The minimum absolute atomic E-state index is 0.00273. The van der Waals surface area contributed by atoms with Crippen LogP contribution >= 0.6 is 0 Å². The summed E-state index contributed by atoms with van der Waals surface area (Å²) in [7, 11) is 1.65. The summed E-state index contributed by atoms with van der Waals surface area (Å²) in [5, 5.41) is 2.86. The highest BCUT2D eigenvalue weighted by molar-refractivity contribution is 5.81. The van der Waals surface area contributed by atoms with E-state index in [4.69, 9.17) is 10.5 Å². The second-order valence-corrected chi connectivity index (χ2v) is 4.36. The summed E-state index contributed by atoms with van der Waals surface area (Å²) in [6.45, 7) is 7.35. The van der Waals surface area contributed by atoms with Crippen molar-refractivity contribution in [2.75, 3.05) is 26.8 Å². The van der Waals surface area contributed by atoms with Crippen LogP contribution < -0.4 is 11.1 Å². The molecule has 14 heavy (non-hydrogen) atoms. The lowest BCUT2D eigenvalue weighted by Gasteiger charge is -2.22. The number of rotatable bonds is 6. The van der Waals surface area contributed by atoms with E-state index in [1.807, 2.05) is 20.8 Å². The number of amides is 1. The highest BCUT2D eigenvalue weighted by Gasteiger charge is 2.25. The van der Waals surface area contributed by atoms with E-state index in [9.17, 15) is 4.79 Å². The van der Waals surface area contributed by atoms with Gasteiger partial charge >= 0.3 is 0 Å². The largest absolute Gasteiger partial charge is 0.384 e. The normalized spacial score (nSPS) is 13.8. The van der Waals surface area contributed by atoms with E-state index >= 15 is 0 Å². The van der Waals surface area contributed by atoms with Crippen LogP contribution in [0.5, 0.6) is 0 Å². The number of hydrogen-bond acceptors (Lipinski definition) is 3. The van der Waals surface area contributed by atoms with E-state index in [0.29, 0.717) is 25.6 Å². The van der Waals surface area contributed by atoms with E-state index in [1.54, 1.807) is 7.11 Å². The molecule has 1 unspecified atom stereocenters. The molecule has 3 N–H and O–H groups in total. The zero-order valence-electron chi connectivity index (χ0n) is 9.59. The molecule has 0 aliphatic carbocycles. The van der Waals surface area contributed by atoms with Crippen LogP contribution in [0.25, 0.3) is 0 Å². The molecular weight excluding hydrogens is 180 g/mol. The number of ether oxygens (including phenoxy) is 1. The molecule has 1 atom stereocenters. The molecule has 0 aromatic carbocycles. The van der Waals surface area contributed by atoms with Crippen molar-refractivity contribution in [2.24, 2.45) is 17.1 Å². The van der Waals surface area contributed by atoms with Gasteiger partial charge in [-0.3, -0.25) is 4.79 Å². The van der Waals surface area contributed by atoms with Crippen LogP contribution in [0, 0.1) is 11.3 Å². The molecule has 1 amide bonds. The number of methoxy groups -OCH3 is 1. The standard InChI is InChI=1S/C10H22N2O2/c1-8(6-14-4)5-12-9(13)10(2,3)7-11/h8H,5-7,11H2,1-4H3,(H,12,13). The second kappa shape index (κ2) is 5.98. The van der Waals surface area contributed by atoms with Crippen molar-refractivity contribution in [3.63, 3.8) is 0 Å². The van der Waals surface area contributed by atoms with Crippen molar-refractivity contribution in [2.45, 2.75) is 20.8 Å². The van der Waals surface area contributed by atoms with Crippen molar-refractivity contribution in [1.29, 1.82) is 0 Å². The lowest BCUT2D eigenvalue weighted by Crippen LogP contribution is -2.43. The molecule has 0 saturated heterocycles. The van der Waals surface area contributed by atoms with Gasteiger partial charge in [-0.2, -0.15) is 0 Å². The Bertz CT molecular complexity index is 181. The molecule has 0 radical (unpaired) electrons. The molecule has 0 bridgehead atoms. The Morgan fingerprint density at radius 3 is 2.57 bits per heavy atom. The fraction of sp³-hybridized carbons (Fsp3) is 0.900. The lowest BCUT2D eigenvalue weighted by atomic mass is 9.92. The van der Waals surface area contributed by atoms with E-state index < -0.39 is 5.41 Å². The first-order chi connectivity index (χ1) is 6.44. The Kier molecular flexibility index (Phi) is 5.72. The Hall–Kier alpha value is -0.610. The number of carbonyl (C=O) groups is 1. The molecule has 84 valence electrons. The quantitative estimate of drug-likeness (QED) is 0.654. The monoisotopic (exact) mass is 202 g/mol. The van der Waals surface area contributed by atoms with Crippen molar-refractivity contribution in [3.05, 3.63) is 0 Å². The van der Waals surface area contributed by atoms with Crippen LogP contribution in [0.15, 0.2) is 0 Å². The van der Waals surface area contributed by atoms with Crippen LogP contribution in [0.3, 0.4) is 0 Å². The molecule has 4 nitrogen and oxygen atoms in total. The Morgan fingerprint density at radius 2 is 2.14 bits per heavy atom. The average molecular weight is 202 g/mol. The molecule has 0 rings (SSSR count). The Labute approximate surface area is 86.2 Å². The Morgan fingerprint density at radius 1 is 1.57 bits per heavy atom. The first-order valence-electron chi connectivity index (χ1n) is 4.91. The van der Waals surface area contributed by atoms with E-state index in [0.717, 1.165) is 0 Å². The smallest absolute Gasteiger partial charge is 0.226 e. The number of hydrogen-bond donors (Lipinski definition) is 2. The van der Waals surface area contributed by atoms with Crippen LogP contribution in [0.4, 0.5) is 0 Å². The molecule has 0 saturated carbocycles. The minimum Gasteiger partial charge on any atom is -0.384 e. The fourth-order valence-corrected chi connectivity index (χ4v) is 0.942. The molecule has 0 aromatic rings. The third-order valence-electron chi connectivity index (χ3n) is 2.19. The van der Waals surface area contributed by atoms with Gasteiger partial charge in [-0.25, -0.2) is 0 Å². The maximum absolute atomic E-state index is 11.6. The van der Waals surface area contributed by atoms with Crippen molar-refractivity contribution < 1.29 is 9.53 Å². The van der Waals surface area contributed by atoms with Crippen LogP contribution in [-0.4, -0.2) is 32.7 Å². The summed E-state index contributed by atoms with van der Waals surface area (Å²) in [5.74, 6) is 0.334. The van der Waals surface area contributed by atoms with Crippen molar-refractivity contribution in [1.82, 2.24) is 5.32 Å². The van der Waals surface area contributed by atoms with Gasteiger partial charge < -0.3 is 15.8 Å². The van der Waals surface area contributed by atoms with Crippen molar-refractivity contribution >= 4 is 5.91 Å². The summed E-state index contributed by atoms with van der Waals surface area (Å²) in [6.07, 6.45) is 0. The van der Waals surface area contributed by atoms with Gasteiger partial charge in [0.05, 0.1) is 12.0 Å². The van der Waals surface area contributed by atoms with Gasteiger partial charge in [-0.15, -0.1) is 0 Å². The maximum Gasteiger partial charge on any atom is 0.226 e. The zero-order valence-corrected chi connectivity index (χ0v) is 9.59. The molecule has 0 heterocycles. The first kappa shape index (κ1) is 13.4. The van der Waals surface area contributed by atoms with Gasteiger partial charge in [0.2, 0.25) is 5.91 Å². The topological polar surface area (TPSA) is 64.3 Å². The average Bonchev–Trinajstić information content (AvgIpc) is 2.14. The summed E-state index contributed by atoms with van der Waals surface area (Å²) in [5.41, 5.74) is 5.01. The van der Waals surface area contributed by atoms with Crippen LogP contribution in [-0.2, 0) is 9.53 Å². The summed E-state index contributed by atoms with van der Waals surface area (Å²) < 4.78 is 4.97. The predicted octanol–water partition coefficient (Wildman–Crippen LogP) is 0.370. The predicted molar refractivity (Wildman–Crippen MR) is 56.9 cm³/mol. The second-order valence-electron chi connectivity index (χ2n) is 4.36. The van der Waals surface area contributed by atoms with Gasteiger partial charge in [0.25, 0.3) is 0 Å². The Balaban J connectivity index is 3.85. The third kappa shape index (κ3) is 4.58. The third-order valence-corrected chi connectivity index (χ3v) is 2.19. The highest BCUT2D eigenvalue weighted by Crippen LogP contribution is 2.12. The molecule has 4 heteroatoms. The van der Waals surface area contributed by atoms with Crippen molar-refractivity contribution in [3.8, 4) is 0 Å². The van der Waals surface area contributed by atoms with Gasteiger partial charge in [-0.1, -0.05) is 6.92 Å². The molecule has 0 fully saturated rings.